The minimum Gasteiger partial charge on any atom is -0.480 e. The van der Waals surface area contributed by atoms with E-state index in [0.717, 1.165) is 37.5 Å². The van der Waals surface area contributed by atoms with E-state index >= 15 is 0 Å². The Kier molecular flexibility index (Phi) is 5.68. The molecule has 0 heterocycles. The second kappa shape index (κ2) is 7.68. The lowest BCUT2D eigenvalue weighted by Gasteiger charge is -2.53. The molecule has 2 N–H and O–H groups in total. The highest BCUT2D eigenvalue weighted by Gasteiger charge is 2.49. The summed E-state index contributed by atoms with van der Waals surface area (Å²) in [4.78, 5) is 35.5. The van der Waals surface area contributed by atoms with Gasteiger partial charge in [0.25, 0.3) is 0 Å². The molecule has 27 heavy (non-hydrogen) atoms. The monoisotopic (exact) mass is 381 g/mol. The van der Waals surface area contributed by atoms with Gasteiger partial charge in [0.2, 0.25) is 0 Å². The molecule has 0 spiro atoms. The molecule has 4 rings (SSSR count). The number of hydrogen-bond acceptors (Lipinski definition) is 5. The topological polar surface area (TPSA) is 102 Å². The predicted octanol–water partition coefficient (Wildman–Crippen LogP) is 3.11. The minimum atomic E-state index is -1.19. The number of rotatable bonds is 6. The van der Waals surface area contributed by atoms with Gasteiger partial charge in [0.05, 0.1) is 0 Å². The van der Waals surface area contributed by atoms with E-state index in [9.17, 15) is 19.5 Å². The van der Waals surface area contributed by atoms with Gasteiger partial charge in [-0.3, -0.25) is 4.79 Å². The van der Waals surface area contributed by atoms with Crippen LogP contribution in [0, 0.1) is 23.7 Å². The predicted molar refractivity (Wildman–Crippen MR) is 97.0 cm³/mol. The Bertz CT molecular complexity index is 568. The second-order valence-corrected chi connectivity index (χ2v) is 9.46. The summed E-state index contributed by atoms with van der Waals surface area (Å²) in [5.41, 5.74) is -0.717. The summed E-state index contributed by atoms with van der Waals surface area (Å²) >= 11 is 0. The van der Waals surface area contributed by atoms with Crippen molar-refractivity contribution in [3.8, 4) is 0 Å². The van der Waals surface area contributed by atoms with Gasteiger partial charge in [-0.25, -0.2) is 9.59 Å². The molecule has 1 atom stereocenters. The lowest BCUT2D eigenvalue weighted by atomic mass is 9.55. The van der Waals surface area contributed by atoms with Crippen LogP contribution in [0.3, 0.4) is 0 Å². The first-order chi connectivity index (χ1) is 12.6. The summed E-state index contributed by atoms with van der Waals surface area (Å²) in [5.74, 6) is 0.988. The van der Waals surface area contributed by atoms with Crippen LogP contribution in [0.15, 0.2) is 0 Å². The molecule has 7 nitrogen and oxygen atoms in total. The Labute approximate surface area is 160 Å². The Morgan fingerprint density at radius 1 is 1.04 bits per heavy atom. The number of nitrogens with one attached hydrogen (secondary N) is 1. The third-order valence-corrected chi connectivity index (χ3v) is 6.03. The number of ether oxygens (including phenoxy) is 2. The zero-order valence-electron chi connectivity index (χ0n) is 16.4. The van der Waals surface area contributed by atoms with Gasteiger partial charge in [-0.1, -0.05) is 0 Å². The highest BCUT2D eigenvalue weighted by Crippen LogP contribution is 2.54. The quantitative estimate of drug-likeness (QED) is 0.686. The van der Waals surface area contributed by atoms with Crippen molar-refractivity contribution in [2.75, 3.05) is 0 Å². The van der Waals surface area contributed by atoms with Crippen LogP contribution in [0.4, 0.5) is 4.79 Å². The van der Waals surface area contributed by atoms with Gasteiger partial charge in [0.15, 0.2) is 0 Å². The summed E-state index contributed by atoms with van der Waals surface area (Å²) in [5, 5.41) is 11.6. The lowest BCUT2D eigenvalue weighted by molar-refractivity contribution is -0.171. The molecule has 0 aromatic rings. The molecule has 7 heteroatoms. The number of carboxylic acids is 1. The number of carbonyl (C=O) groups is 3. The highest BCUT2D eigenvalue weighted by atomic mass is 16.6. The van der Waals surface area contributed by atoms with Gasteiger partial charge in [-0.2, -0.15) is 0 Å². The summed E-state index contributed by atoms with van der Waals surface area (Å²) in [6.45, 7) is 5.10. The number of amides is 1. The van der Waals surface area contributed by atoms with Gasteiger partial charge in [-0.05, 0) is 83.0 Å². The van der Waals surface area contributed by atoms with E-state index in [4.69, 9.17) is 9.47 Å². The SMILES string of the molecule is CC(C)(C)OC(=O)N[C@@H](CCC(=O)OC1C2CC3CC(C2)CC1C3)C(=O)O. The van der Waals surface area contributed by atoms with Crippen LogP contribution >= 0.6 is 0 Å². The molecule has 0 unspecified atom stereocenters. The van der Waals surface area contributed by atoms with Crippen LogP contribution in [0.5, 0.6) is 0 Å². The van der Waals surface area contributed by atoms with Crippen molar-refractivity contribution >= 4 is 18.0 Å². The molecule has 4 bridgehead atoms. The molecule has 4 aliphatic rings. The minimum absolute atomic E-state index is 0.00704. The van der Waals surface area contributed by atoms with Crippen molar-refractivity contribution in [3.05, 3.63) is 0 Å². The van der Waals surface area contributed by atoms with Crippen molar-refractivity contribution in [1.82, 2.24) is 5.32 Å². The van der Waals surface area contributed by atoms with Gasteiger partial charge in [-0.15, -0.1) is 0 Å². The maximum absolute atomic E-state index is 12.3. The van der Waals surface area contributed by atoms with Crippen molar-refractivity contribution in [3.63, 3.8) is 0 Å². The van der Waals surface area contributed by atoms with Crippen molar-refractivity contribution in [1.29, 1.82) is 0 Å². The zero-order valence-corrected chi connectivity index (χ0v) is 16.4. The molecular formula is C20H31NO6. The third kappa shape index (κ3) is 5.14. The average molecular weight is 381 g/mol. The van der Waals surface area contributed by atoms with Crippen molar-refractivity contribution < 1.29 is 29.0 Å². The summed E-state index contributed by atoms with van der Waals surface area (Å²) in [6.07, 6.45) is 5.11. The van der Waals surface area contributed by atoms with Gasteiger partial charge >= 0.3 is 18.0 Å². The van der Waals surface area contributed by atoms with Crippen LogP contribution in [-0.2, 0) is 19.1 Å². The summed E-state index contributed by atoms with van der Waals surface area (Å²) < 4.78 is 10.8. The maximum Gasteiger partial charge on any atom is 0.408 e. The highest BCUT2D eigenvalue weighted by molar-refractivity contribution is 5.81. The Morgan fingerprint density at radius 2 is 1.59 bits per heavy atom. The zero-order chi connectivity index (χ0) is 19.8. The first-order valence-electron chi connectivity index (χ1n) is 10.0. The van der Waals surface area contributed by atoms with E-state index in [1.54, 1.807) is 20.8 Å². The molecule has 0 aromatic heterocycles. The fraction of sp³-hybridized carbons (Fsp3) is 0.850. The molecule has 152 valence electrons. The Hall–Kier alpha value is -1.79. The van der Waals surface area contributed by atoms with Crippen LogP contribution in [-0.4, -0.2) is 40.9 Å². The second-order valence-electron chi connectivity index (χ2n) is 9.46. The molecule has 1 amide bonds. The third-order valence-electron chi connectivity index (χ3n) is 6.03. The van der Waals surface area contributed by atoms with Crippen LogP contribution in [0.1, 0.15) is 65.7 Å². The van der Waals surface area contributed by atoms with E-state index < -0.39 is 23.7 Å². The smallest absolute Gasteiger partial charge is 0.408 e. The maximum atomic E-state index is 12.3. The van der Waals surface area contributed by atoms with E-state index in [1.807, 2.05) is 0 Å². The first kappa shape index (κ1) is 20.0. The number of carboxylic acid groups (broad SMARTS) is 1. The number of hydrogen-bond donors (Lipinski definition) is 2. The van der Waals surface area contributed by atoms with E-state index in [1.165, 1.54) is 6.42 Å². The standard InChI is InChI=1S/C20H31NO6/c1-20(2,3)27-19(25)21-15(18(23)24)4-5-16(22)26-17-13-7-11-6-12(9-13)10-14(17)8-11/h11-15,17H,4-10H2,1-3H3,(H,21,25)(H,23,24)/t11?,12?,13?,14?,15-,17?/m0/s1. The van der Waals surface area contributed by atoms with Crippen LogP contribution < -0.4 is 5.32 Å². The van der Waals surface area contributed by atoms with E-state index in [0.29, 0.717) is 11.8 Å². The lowest BCUT2D eigenvalue weighted by Crippen LogP contribution is -2.50. The van der Waals surface area contributed by atoms with Crippen molar-refractivity contribution in [2.24, 2.45) is 23.7 Å². The first-order valence-corrected chi connectivity index (χ1v) is 10.0. The normalized spacial score (nSPS) is 32.6. The van der Waals surface area contributed by atoms with Crippen LogP contribution in [0.2, 0.25) is 0 Å². The molecule has 0 aliphatic heterocycles. The molecule has 4 aliphatic carbocycles. The van der Waals surface area contributed by atoms with Crippen LogP contribution in [0.25, 0.3) is 0 Å². The molecule has 4 fully saturated rings. The summed E-state index contributed by atoms with van der Waals surface area (Å²) in [7, 11) is 0. The van der Waals surface area contributed by atoms with Gasteiger partial charge in [0, 0.05) is 6.42 Å². The molecule has 0 saturated heterocycles. The summed E-state index contributed by atoms with van der Waals surface area (Å²) in [6, 6.07) is -1.18. The van der Waals surface area contributed by atoms with Gasteiger partial charge in [0.1, 0.15) is 17.7 Å². The van der Waals surface area contributed by atoms with Gasteiger partial charge < -0.3 is 19.9 Å². The number of carbonyl (C=O) groups excluding carboxylic acids is 2. The fourth-order valence-electron chi connectivity index (χ4n) is 5.25. The Morgan fingerprint density at radius 3 is 2.07 bits per heavy atom. The number of aliphatic carboxylic acids is 1. The van der Waals surface area contributed by atoms with Crippen molar-refractivity contribution in [2.45, 2.75) is 83.5 Å². The molecule has 0 radical (unpaired) electrons. The number of esters is 1. The largest absolute Gasteiger partial charge is 0.480 e. The fourth-order valence-corrected chi connectivity index (χ4v) is 5.25. The molecule has 4 saturated carbocycles. The Balaban J connectivity index is 1.47. The number of alkyl carbamates (subject to hydrolysis) is 1. The van der Waals surface area contributed by atoms with E-state index in [-0.39, 0.29) is 24.9 Å². The molecule has 0 aromatic carbocycles. The van der Waals surface area contributed by atoms with E-state index in [2.05, 4.69) is 5.32 Å². The average Bonchev–Trinajstić information content (AvgIpc) is 2.52. The molecular weight excluding hydrogens is 350 g/mol.